The predicted octanol–water partition coefficient (Wildman–Crippen LogP) is 3.83. The number of rotatable bonds is 2. The van der Waals surface area contributed by atoms with E-state index < -0.39 is 11.6 Å². The maximum Gasteiger partial charge on any atom is 0.414 e. The van der Waals surface area contributed by atoms with Crippen LogP contribution < -0.4 is 4.90 Å². The van der Waals surface area contributed by atoms with Crippen molar-refractivity contribution in [1.82, 2.24) is 4.98 Å². The first kappa shape index (κ1) is 17.9. The Balaban J connectivity index is 1.93. The number of carbonyl (C=O) groups is 2. The quantitative estimate of drug-likeness (QED) is 0.767. The van der Waals surface area contributed by atoms with Crippen molar-refractivity contribution in [3.63, 3.8) is 0 Å². The number of methoxy groups -OCH3 is 1. The zero-order valence-corrected chi connectivity index (χ0v) is 15.4. The molecule has 3 rings (SSSR count). The van der Waals surface area contributed by atoms with E-state index in [2.05, 4.69) is 4.98 Å². The Morgan fingerprint density at radius 3 is 2.65 bits per heavy atom. The Labute approximate surface area is 152 Å². The molecule has 0 unspecified atom stereocenters. The average Bonchev–Trinajstić information content (AvgIpc) is 3.03. The number of hydrogen-bond acceptors (Lipinski definition) is 5. The third kappa shape index (κ3) is 3.54. The minimum atomic E-state index is -0.537. The molecule has 0 fully saturated rings. The van der Waals surface area contributed by atoms with Crippen LogP contribution in [0.1, 0.15) is 36.7 Å². The lowest BCUT2D eigenvalue weighted by Crippen LogP contribution is -2.35. The van der Waals surface area contributed by atoms with Gasteiger partial charge in [-0.25, -0.2) is 9.59 Å². The van der Waals surface area contributed by atoms with Crippen molar-refractivity contribution in [2.24, 2.45) is 0 Å². The first-order chi connectivity index (χ1) is 12.3. The number of nitrogens with zero attached hydrogens (tertiary/aromatic N) is 2. The van der Waals surface area contributed by atoms with Crippen LogP contribution in [-0.4, -0.2) is 36.3 Å². The maximum atomic E-state index is 12.4. The highest BCUT2D eigenvalue weighted by Crippen LogP contribution is 2.34. The van der Waals surface area contributed by atoms with Gasteiger partial charge in [-0.3, -0.25) is 9.88 Å². The van der Waals surface area contributed by atoms with Crippen LogP contribution in [0.2, 0.25) is 0 Å². The molecule has 0 saturated heterocycles. The highest BCUT2D eigenvalue weighted by atomic mass is 16.6. The summed E-state index contributed by atoms with van der Waals surface area (Å²) in [6.45, 7) is 6.12. The molecule has 0 radical (unpaired) electrons. The lowest BCUT2D eigenvalue weighted by Gasteiger charge is -2.24. The molecule has 1 aliphatic heterocycles. The molecular formula is C20H22N2O4. The molecule has 2 aromatic rings. The van der Waals surface area contributed by atoms with Crippen LogP contribution in [0.5, 0.6) is 0 Å². The fourth-order valence-electron chi connectivity index (χ4n) is 2.99. The molecule has 1 aliphatic rings. The van der Waals surface area contributed by atoms with Gasteiger partial charge in [-0.1, -0.05) is 6.07 Å². The van der Waals surface area contributed by atoms with Crippen molar-refractivity contribution >= 4 is 17.7 Å². The number of fused-ring (bicyclic) bond motifs is 1. The van der Waals surface area contributed by atoms with E-state index in [1.165, 1.54) is 7.11 Å². The molecule has 6 heteroatoms. The lowest BCUT2D eigenvalue weighted by atomic mass is 9.99. The average molecular weight is 354 g/mol. The Morgan fingerprint density at radius 1 is 1.19 bits per heavy atom. The van der Waals surface area contributed by atoms with Gasteiger partial charge in [-0.05, 0) is 56.5 Å². The van der Waals surface area contributed by atoms with Gasteiger partial charge in [-0.2, -0.15) is 0 Å². The van der Waals surface area contributed by atoms with E-state index >= 15 is 0 Å². The number of hydrogen-bond donors (Lipinski definition) is 0. The highest BCUT2D eigenvalue weighted by molar-refractivity contribution is 5.97. The van der Waals surface area contributed by atoms with E-state index in [1.54, 1.807) is 23.4 Å². The van der Waals surface area contributed by atoms with Crippen LogP contribution in [0.25, 0.3) is 11.1 Å². The van der Waals surface area contributed by atoms with Crippen LogP contribution in [-0.2, 0) is 15.9 Å². The summed E-state index contributed by atoms with van der Waals surface area (Å²) in [5, 5.41) is 0. The molecule has 0 N–H and O–H groups in total. The van der Waals surface area contributed by atoms with Gasteiger partial charge in [0.15, 0.2) is 0 Å². The molecule has 0 bridgehead atoms. The molecule has 2 heterocycles. The summed E-state index contributed by atoms with van der Waals surface area (Å²) in [6, 6.07) is 7.39. The second kappa shape index (κ2) is 6.78. The van der Waals surface area contributed by atoms with Gasteiger partial charge in [-0.15, -0.1) is 0 Å². The van der Waals surface area contributed by atoms with Gasteiger partial charge in [0, 0.05) is 24.5 Å². The van der Waals surface area contributed by atoms with Crippen LogP contribution >= 0.6 is 0 Å². The van der Waals surface area contributed by atoms with E-state index in [0.717, 1.165) is 23.2 Å². The van der Waals surface area contributed by atoms with Gasteiger partial charge in [0.25, 0.3) is 0 Å². The largest absolute Gasteiger partial charge is 0.465 e. The minimum Gasteiger partial charge on any atom is -0.465 e. The van der Waals surface area contributed by atoms with Gasteiger partial charge >= 0.3 is 12.1 Å². The first-order valence-electron chi connectivity index (χ1n) is 8.46. The zero-order valence-electron chi connectivity index (χ0n) is 15.4. The van der Waals surface area contributed by atoms with E-state index in [0.29, 0.717) is 17.7 Å². The second-order valence-electron chi connectivity index (χ2n) is 7.14. The van der Waals surface area contributed by atoms with E-state index in [4.69, 9.17) is 9.47 Å². The number of amides is 1. The molecule has 6 nitrogen and oxygen atoms in total. The van der Waals surface area contributed by atoms with Crippen molar-refractivity contribution in [2.75, 3.05) is 18.6 Å². The summed E-state index contributed by atoms with van der Waals surface area (Å²) in [4.78, 5) is 30.2. The van der Waals surface area contributed by atoms with Gasteiger partial charge < -0.3 is 9.47 Å². The van der Waals surface area contributed by atoms with Crippen molar-refractivity contribution in [2.45, 2.75) is 32.8 Å². The lowest BCUT2D eigenvalue weighted by molar-refractivity contribution is 0.0579. The summed E-state index contributed by atoms with van der Waals surface area (Å²) in [7, 11) is 1.36. The number of carbonyl (C=O) groups excluding carboxylic acids is 2. The second-order valence-corrected chi connectivity index (χ2v) is 7.14. The fraction of sp³-hybridized carbons (Fsp3) is 0.350. The Hall–Kier alpha value is -2.89. The molecule has 0 spiro atoms. The highest BCUT2D eigenvalue weighted by Gasteiger charge is 2.29. The summed E-state index contributed by atoms with van der Waals surface area (Å²) in [6.07, 6.45) is 3.60. The number of benzene rings is 1. The maximum absolute atomic E-state index is 12.4. The molecule has 1 aromatic heterocycles. The van der Waals surface area contributed by atoms with Gasteiger partial charge in [0.2, 0.25) is 0 Å². The molecule has 136 valence electrons. The summed E-state index contributed by atoms with van der Waals surface area (Å²) in [5.41, 5.74) is 3.37. The van der Waals surface area contributed by atoms with Crippen LogP contribution in [0, 0.1) is 0 Å². The number of anilines is 1. The van der Waals surface area contributed by atoms with Crippen LogP contribution in [0.4, 0.5) is 10.5 Å². The third-order valence-corrected chi connectivity index (χ3v) is 4.13. The van der Waals surface area contributed by atoms with Crippen LogP contribution in [0.3, 0.4) is 0 Å². The molecule has 0 saturated carbocycles. The number of aromatic nitrogens is 1. The van der Waals surface area contributed by atoms with Crippen molar-refractivity contribution in [3.05, 3.63) is 47.8 Å². The zero-order chi connectivity index (χ0) is 18.9. The van der Waals surface area contributed by atoms with Crippen molar-refractivity contribution in [3.8, 4) is 11.1 Å². The summed E-state index contributed by atoms with van der Waals surface area (Å²) in [5.74, 6) is -0.404. The Bertz CT molecular complexity index is 855. The van der Waals surface area contributed by atoms with Crippen LogP contribution in [0.15, 0.2) is 36.7 Å². The van der Waals surface area contributed by atoms with Gasteiger partial charge in [0.05, 0.1) is 18.4 Å². The van der Waals surface area contributed by atoms with Crippen molar-refractivity contribution in [1.29, 1.82) is 0 Å². The Morgan fingerprint density at radius 2 is 1.96 bits per heavy atom. The first-order valence-corrected chi connectivity index (χ1v) is 8.46. The van der Waals surface area contributed by atoms with Gasteiger partial charge in [0.1, 0.15) is 5.60 Å². The molecule has 1 amide bonds. The standard InChI is InChI=1S/C20H22N2O4/c1-20(2,3)26-19(24)22-10-8-14-11-13(5-6-17(14)22)16-12-21-9-7-15(16)18(23)25-4/h5-7,9,11-12H,8,10H2,1-4H3. The monoisotopic (exact) mass is 354 g/mol. The minimum absolute atomic E-state index is 0.347. The smallest absolute Gasteiger partial charge is 0.414 e. The van der Waals surface area contributed by atoms with E-state index in [9.17, 15) is 9.59 Å². The molecule has 1 aromatic carbocycles. The normalized spacial score (nSPS) is 13.3. The number of pyridine rings is 1. The third-order valence-electron chi connectivity index (χ3n) is 4.13. The predicted molar refractivity (Wildman–Crippen MR) is 98.3 cm³/mol. The molecule has 0 atom stereocenters. The number of ether oxygens (including phenoxy) is 2. The van der Waals surface area contributed by atoms with E-state index in [1.807, 2.05) is 39.0 Å². The SMILES string of the molecule is COC(=O)c1ccncc1-c1ccc2c(c1)CCN2C(=O)OC(C)(C)C. The summed E-state index contributed by atoms with van der Waals surface area (Å²) >= 11 is 0. The van der Waals surface area contributed by atoms with E-state index in [-0.39, 0.29) is 6.09 Å². The fourth-order valence-corrected chi connectivity index (χ4v) is 2.99. The Kier molecular flexibility index (Phi) is 4.68. The summed E-state index contributed by atoms with van der Waals surface area (Å²) < 4.78 is 10.3. The number of esters is 1. The molecule has 0 aliphatic carbocycles. The topological polar surface area (TPSA) is 68.7 Å². The van der Waals surface area contributed by atoms with Crippen molar-refractivity contribution < 1.29 is 19.1 Å². The molecular weight excluding hydrogens is 332 g/mol. The molecule has 26 heavy (non-hydrogen) atoms.